The molecule has 24 heavy (non-hydrogen) atoms. The molecule has 2 heterocycles. The van der Waals surface area contributed by atoms with Crippen molar-refractivity contribution in [1.82, 2.24) is 14.7 Å². The molecule has 2 aliphatic heterocycles. The lowest BCUT2D eigenvalue weighted by atomic mass is 10.1. The maximum atomic E-state index is 12.1. The molecule has 0 aliphatic carbocycles. The number of rotatable bonds is 8. The van der Waals surface area contributed by atoms with E-state index in [1.54, 1.807) is 6.92 Å². The average molecular weight is 341 g/mol. The topological polar surface area (TPSA) is 45.2 Å². The van der Waals surface area contributed by atoms with E-state index in [1.165, 1.54) is 0 Å². The van der Waals surface area contributed by atoms with Gasteiger partial charge in [-0.05, 0) is 11.8 Å². The zero-order valence-electron chi connectivity index (χ0n) is 15.7. The van der Waals surface area contributed by atoms with Crippen LogP contribution < -0.4 is 0 Å². The van der Waals surface area contributed by atoms with Crippen LogP contribution in [0.1, 0.15) is 20.8 Å². The lowest BCUT2D eigenvalue weighted by Crippen LogP contribution is -2.45. The fraction of sp³-hybridized carbons (Fsp3) is 0.944. The molecule has 0 aromatic heterocycles. The Hall–Kier alpha value is -0.690. The number of hydrogen-bond donors (Lipinski definition) is 0. The van der Waals surface area contributed by atoms with Crippen molar-refractivity contribution in [3.8, 4) is 0 Å². The fourth-order valence-electron chi connectivity index (χ4n) is 3.65. The van der Waals surface area contributed by atoms with Gasteiger partial charge in [0.15, 0.2) is 0 Å². The molecule has 0 bridgehead atoms. The van der Waals surface area contributed by atoms with E-state index < -0.39 is 0 Å². The van der Waals surface area contributed by atoms with Crippen molar-refractivity contribution in [2.24, 2.45) is 11.8 Å². The Kier molecular flexibility index (Phi) is 8.45. The first kappa shape index (κ1) is 19.6. The summed E-state index contributed by atoms with van der Waals surface area (Å²) in [5.41, 5.74) is 0. The van der Waals surface area contributed by atoms with Crippen molar-refractivity contribution in [2.75, 3.05) is 78.8 Å². The van der Waals surface area contributed by atoms with Gasteiger partial charge in [-0.3, -0.25) is 14.6 Å². The highest BCUT2D eigenvalue weighted by molar-refractivity contribution is 5.73. The highest BCUT2D eigenvalue weighted by atomic mass is 16.5. The molecule has 0 N–H and O–H groups in total. The van der Waals surface area contributed by atoms with Crippen molar-refractivity contribution in [3.05, 3.63) is 0 Å². The summed E-state index contributed by atoms with van der Waals surface area (Å²) in [5.74, 6) is 1.17. The van der Waals surface area contributed by atoms with Crippen LogP contribution in [-0.2, 0) is 14.3 Å². The number of amides is 1. The third kappa shape index (κ3) is 7.05. The molecule has 6 heteroatoms. The molecule has 2 saturated heterocycles. The summed E-state index contributed by atoms with van der Waals surface area (Å²) in [4.78, 5) is 19.0. The number of carbonyl (C=O) groups excluding carboxylic acids is 1. The monoisotopic (exact) mass is 341 g/mol. The molecule has 2 unspecified atom stereocenters. The van der Waals surface area contributed by atoms with Crippen LogP contribution in [0.15, 0.2) is 0 Å². The highest BCUT2D eigenvalue weighted by Gasteiger charge is 2.21. The first-order valence-corrected chi connectivity index (χ1v) is 9.40. The number of carbonyl (C=O) groups is 1. The molecule has 0 radical (unpaired) electrons. The van der Waals surface area contributed by atoms with E-state index in [4.69, 9.17) is 9.47 Å². The Labute approximate surface area is 147 Å². The van der Waals surface area contributed by atoms with Crippen LogP contribution in [-0.4, -0.2) is 99.4 Å². The third-order valence-corrected chi connectivity index (χ3v) is 4.86. The number of morpholine rings is 2. The average Bonchev–Trinajstić information content (AvgIpc) is 2.56. The molecular weight excluding hydrogens is 306 g/mol. The molecule has 2 atom stereocenters. The van der Waals surface area contributed by atoms with Gasteiger partial charge in [0.2, 0.25) is 5.91 Å². The van der Waals surface area contributed by atoms with Crippen molar-refractivity contribution in [1.29, 1.82) is 0 Å². The zero-order chi connectivity index (χ0) is 17.4. The van der Waals surface area contributed by atoms with E-state index in [-0.39, 0.29) is 5.91 Å². The smallest absolute Gasteiger partial charge is 0.219 e. The number of hydrogen-bond acceptors (Lipinski definition) is 5. The molecule has 140 valence electrons. The highest BCUT2D eigenvalue weighted by Crippen LogP contribution is 2.10. The summed E-state index contributed by atoms with van der Waals surface area (Å²) in [6.45, 7) is 17.4. The molecule has 0 aromatic carbocycles. The molecular formula is C18H35N3O3. The fourth-order valence-corrected chi connectivity index (χ4v) is 3.65. The second-order valence-corrected chi connectivity index (χ2v) is 7.46. The van der Waals surface area contributed by atoms with Gasteiger partial charge in [0.25, 0.3) is 0 Å². The van der Waals surface area contributed by atoms with E-state index in [0.29, 0.717) is 11.8 Å². The molecule has 2 aliphatic rings. The van der Waals surface area contributed by atoms with Crippen LogP contribution in [0.5, 0.6) is 0 Å². The van der Waals surface area contributed by atoms with Crippen molar-refractivity contribution in [2.45, 2.75) is 20.8 Å². The molecule has 1 amide bonds. The van der Waals surface area contributed by atoms with Gasteiger partial charge >= 0.3 is 0 Å². The number of ether oxygens (including phenoxy) is 2. The Morgan fingerprint density at radius 1 is 0.875 bits per heavy atom. The first-order valence-electron chi connectivity index (χ1n) is 9.40. The second-order valence-electron chi connectivity index (χ2n) is 7.46. The standard InChI is InChI=1S/C18H35N3O3/c1-16(12-19-4-8-23-9-5-19)14-21(18(3)22)15-17(2)13-20-6-10-24-11-7-20/h16-17H,4-15H2,1-3H3. The van der Waals surface area contributed by atoms with Gasteiger partial charge in [-0.15, -0.1) is 0 Å². The van der Waals surface area contributed by atoms with Crippen LogP contribution in [0.3, 0.4) is 0 Å². The molecule has 0 aromatic rings. The van der Waals surface area contributed by atoms with Gasteiger partial charge in [-0.25, -0.2) is 0 Å². The molecule has 2 fully saturated rings. The van der Waals surface area contributed by atoms with Gasteiger partial charge in [0.1, 0.15) is 0 Å². The van der Waals surface area contributed by atoms with Gasteiger partial charge in [-0.2, -0.15) is 0 Å². The normalized spacial score (nSPS) is 23.0. The lowest BCUT2D eigenvalue weighted by molar-refractivity contribution is -0.130. The molecule has 0 spiro atoms. The van der Waals surface area contributed by atoms with Gasteiger partial charge in [0, 0.05) is 59.3 Å². The van der Waals surface area contributed by atoms with Crippen molar-refractivity contribution >= 4 is 5.91 Å². The summed E-state index contributed by atoms with van der Waals surface area (Å²) in [5, 5.41) is 0. The van der Waals surface area contributed by atoms with Gasteiger partial charge < -0.3 is 14.4 Å². The van der Waals surface area contributed by atoms with E-state index in [0.717, 1.165) is 78.8 Å². The SMILES string of the molecule is CC(=O)N(CC(C)CN1CCOCC1)CC(C)CN1CCOCC1. The maximum absolute atomic E-state index is 12.1. The van der Waals surface area contributed by atoms with Crippen LogP contribution in [0.4, 0.5) is 0 Å². The Morgan fingerprint density at radius 3 is 1.58 bits per heavy atom. The second kappa shape index (κ2) is 10.3. The first-order chi connectivity index (χ1) is 11.5. The Bertz CT molecular complexity index is 341. The van der Waals surface area contributed by atoms with Crippen LogP contribution in [0.25, 0.3) is 0 Å². The summed E-state index contributed by atoms with van der Waals surface area (Å²) in [6, 6.07) is 0. The molecule has 6 nitrogen and oxygen atoms in total. The summed E-state index contributed by atoms with van der Waals surface area (Å²) in [6.07, 6.45) is 0. The summed E-state index contributed by atoms with van der Waals surface area (Å²) in [7, 11) is 0. The van der Waals surface area contributed by atoms with E-state index >= 15 is 0 Å². The Balaban J connectivity index is 1.74. The van der Waals surface area contributed by atoms with Gasteiger partial charge in [0.05, 0.1) is 26.4 Å². The molecule has 2 rings (SSSR count). The number of nitrogens with zero attached hydrogens (tertiary/aromatic N) is 3. The quantitative estimate of drug-likeness (QED) is 0.653. The van der Waals surface area contributed by atoms with Crippen molar-refractivity contribution in [3.63, 3.8) is 0 Å². The van der Waals surface area contributed by atoms with Crippen LogP contribution in [0.2, 0.25) is 0 Å². The molecule has 0 saturated carbocycles. The predicted molar refractivity (Wildman–Crippen MR) is 95.1 cm³/mol. The van der Waals surface area contributed by atoms with E-state index in [1.807, 2.05) is 4.90 Å². The Morgan fingerprint density at radius 2 is 1.25 bits per heavy atom. The summed E-state index contributed by atoms with van der Waals surface area (Å²) >= 11 is 0. The van der Waals surface area contributed by atoms with Crippen LogP contribution in [0, 0.1) is 11.8 Å². The minimum absolute atomic E-state index is 0.192. The minimum atomic E-state index is 0.192. The van der Waals surface area contributed by atoms with Crippen LogP contribution >= 0.6 is 0 Å². The minimum Gasteiger partial charge on any atom is -0.379 e. The summed E-state index contributed by atoms with van der Waals surface area (Å²) < 4.78 is 10.8. The maximum Gasteiger partial charge on any atom is 0.219 e. The third-order valence-electron chi connectivity index (χ3n) is 4.86. The predicted octanol–water partition coefficient (Wildman–Crippen LogP) is 0.772. The lowest BCUT2D eigenvalue weighted by Gasteiger charge is -2.34. The zero-order valence-corrected chi connectivity index (χ0v) is 15.7. The van der Waals surface area contributed by atoms with Gasteiger partial charge in [-0.1, -0.05) is 13.8 Å². The van der Waals surface area contributed by atoms with Crippen molar-refractivity contribution < 1.29 is 14.3 Å². The van der Waals surface area contributed by atoms with E-state index in [2.05, 4.69) is 23.6 Å². The largest absolute Gasteiger partial charge is 0.379 e. The van der Waals surface area contributed by atoms with E-state index in [9.17, 15) is 4.79 Å².